The molecule has 2 rings (SSSR count). The summed E-state index contributed by atoms with van der Waals surface area (Å²) < 4.78 is 4.98. The zero-order chi connectivity index (χ0) is 13.7. The average molecular weight is 265 g/mol. The van der Waals surface area contributed by atoms with E-state index in [0.717, 1.165) is 12.8 Å². The van der Waals surface area contributed by atoms with Gasteiger partial charge in [-0.05, 0) is 19.8 Å². The molecule has 0 atom stereocenters. The van der Waals surface area contributed by atoms with Crippen LogP contribution in [-0.4, -0.2) is 46.7 Å². The van der Waals surface area contributed by atoms with Gasteiger partial charge in [-0.3, -0.25) is 0 Å². The minimum absolute atomic E-state index is 0.232. The van der Waals surface area contributed by atoms with Gasteiger partial charge in [-0.25, -0.2) is 14.8 Å². The Balaban J connectivity index is 1.80. The quantitative estimate of drug-likeness (QED) is 0.849. The molecule has 0 radical (unpaired) electrons. The van der Waals surface area contributed by atoms with Crippen LogP contribution in [0.15, 0.2) is 12.4 Å². The smallest absolute Gasteiger partial charge is 0.409 e. The number of nitrogens with one attached hydrogen (secondary N) is 1. The van der Waals surface area contributed by atoms with E-state index in [1.54, 1.807) is 17.3 Å². The number of ether oxygens (including phenoxy) is 1. The van der Waals surface area contributed by atoms with Crippen LogP contribution in [-0.2, 0) is 4.74 Å². The summed E-state index contributed by atoms with van der Waals surface area (Å²) in [5.74, 6) is 0.573. The van der Waals surface area contributed by atoms with Gasteiger partial charge in [0.2, 0.25) is 5.95 Å². The molecule has 1 saturated heterocycles. The number of piperidine rings is 1. The van der Waals surface area contributed by atoms with Crippen LogP contribution in [0.3, 0.4) is 0 Å². The van der Waals surface area contributed by atoms with Gasteiger partial charge in [-0.1, -0.05) is 0 Å². The van der Waals surface area contributed by atoms with E-state index in [4.69, 9.17) is 10.5 Å². The number of likely N-dealkylation sites (tertiary alicyclic amines) is 1. The predicted octanol–water partition coefficient (Wildman–Crippen LogP) is 1.09. The van der Waals surface area contributed by atoms with Crippen LogP contribution in [0.5, 0.6) is 0 Å². The summed E-state index contributed by atoms with van der Waals surface area (Å²) in [6, 6.07) is 0.273. The van der Waals surface area contributed by atoms with E-state index >= 15 is 0 Å². The largest absolute Gasteiger partial charge is 0.450 e. The lowest BCUT2D eigenvalue weighted by molar-refractivity contribution is 0.0983. The molecule has 3 N–H and O–H groups in total. The number of carbonyl (C=O) groups excluding carboxylic acids is 1. The Morgan fingerprint density at radius 2 is 2.11 bits per heavy atom. The van der Waals surface area contributed by atoms with Crippen molar-refractivity contribution >= 4 is 17.7 Å². The Kier molecular flexibility index (Phi) is 4.38. The molecule has 2 heterocycles. The zero-order valence-corrected chi connectivity index (χ0v) is 11.0. The van der Waals surface area contributed by atoms with Crippen LogP contribution >= 0.6 is 0 Å². The second kappa shape index (κ2) is 6.21. The highest BCUT2D eigenvalue weighted by atomic mass is 16.6. The number of amides is 1. The van der Waals surface area contributed by atoms with E-state index in [9.17, 15) is 4.79 Å². The van der Waals surface area contributed by atoms with Crippen LogP contribution in [0.4, 0.5) is 16.4 Å². The van der Waals surface area contributed by atoms with Crippen molar-refractivity contribution in [3.05, 3.63) is 12.4 Å². The van der Waals surface area contributed by atoms with Crippen molar-refractivity contribution in [3.63, 3.8) is 0 Å². The third-order valence-corrected chi connectivity index (χ3v) is 3.03. The third kappa shape index (κ3) is 3.70. The summed E-state index contributed by atoms with van der Waals surface area (Å²) in [4.78, 5) is 21.5. The lowest BCUT2D eigenvalue weighted by Crippen LogP contribution is -2.42. The number of rotatable bonds is 3. The van der Waals surface area contributed by atoms with Gasteiger partial charge in [-0.2, -0.15) is 0 Å². The summed E-state index contributed by atoms with van der Waals surface area (Å²) in [5.41, 5.74) is 6.07. The molecule has 0 saturated carbocycles. The molecule has 1 aromatic heterocycles. The lowest BCUT2D eigenvalue weighted by atomic mass is 10.1. The minimum Gasteiger partial charge on any atom is -0.450 e. The van der Waals surface area contributed by atoms with Crippen LogP contribution in [0.2, 0.25) is 0 Å². The number of nitrogens with zero attached hydrogens (tertiary/aromatic N) is 3. The van der Waals surface area contributed by atoms with E-state index in [0.29, 0.717) is 31.3 Å². The van der Waals surface area contributed by atoms with E-state index in [2.05, 4.69) is 15.3 Å². The summed E-state index contributed by atoms with van der Waals surface area (Å²) in [6.45, 7) is 3.60. The first-order valence-corrected chi connectivity index (χ1v) is 6.44. The molecule has 0 aromatic carbocycles. The first kappa shape index (κ1) is 13.4. The number of hydrogen-bond donors (Lipinski definition) is 2. The Morgan fingerprint density at radius 3 is 2.68 bits per heavy atom. The van der Waals surface area contributed by atoms with Crippen molar-refractivity contribution in [2.75, 3.05) is 30.7 Å². The predicted molar refractivity (Wildman–Crippen MR) is 71.7 cm³/mol. The summed E-state index contributed by atoms with van der Waals surface area (Å²) in [7, 11) is 0. The number of nitrogens with two attached hydrogens (primary N) is 1. The highest BCUT2D eigenvalue weighted by Gasteiger charge is 2.23. The van der Waals surface area contributed by atoms with Crippen LogP contribution in [0, 0.1) is 0 Å². The average Bonchev–Trinajstić information content (AvgIpc) is 2.42. The number of anilines is 2. The second-order valence-corrected chi connectivity index (χ2v) is 4.44. The van der Waals surface area contributed by atoms with Gasteiger partial charge in [0.05, 0.1) is 24.7 Å². The molecule has 104 valence electrons. The Bertz CT molecular complexity index is 415. The van der Waals surface area contributed by atoms with Crippen molar-refractivity contribution in [1.29, 1.82) is 0 Å². The molecule has 1 amide bonds. The molecule has 1 aliphatic heterocycles. The van der Waals surface area contributed by atoms with Crippen molar-refractivity contribution in [2.45, 2.75) is 25.8 Å². The summed E-state index contributed by atoms with van der Waals surface area (Å²) >= 11 is 0. The summed E-state index contributed by atoms with van der Waals surface area (Å²) in [6.07, 6.45) is 4.62. The molecule has 7 nitrogen and oxygen atoms in total. The fraction of sp³-hybridized carbons (Fsp3) is 0.583. The number of carbonyl (C=O) groups is 1. The van der Waals surface area contributed by atoms with Gasteiger partial charge in [0.15, 0.2) is 0 Å². The van der Waals surface area contributed by atoms with Crippen molar-refractivity contribution in [3.8, 4) is 0 Å². The van der Waals surface area contributed by atoms with E-state index in [1.165, 1.54) is 0 Å². The molecular formula is C12H19N5O2. The van der Waals surface area contributed by atoms with E-state index in [1.807, 2.05) is 6.92 Å². The van der Waals surface area contributed by atoms with Gasteiger partial charge < -0.3 is 20.7 Å². The minimum atomic E-state index is -0.232. The van der Waals surface area contributed by atoms with Crippen molar-refractivity contribution in [1.82, 2.24) is 14.9 Å². The molecule has 1 aliphatic rings. The molecule has 0 spiro atoms. The van der Waals surface area contributed by atoms with Crippen LogP contribution < -0.4 is 11.1 Å². The molecule has 19 heavy (non-hydrogen) atoms. The highest BCUT2D eigenvalue weighted by Crippen LogP contribution is 2.15. The lowest BCUT2D eigenvalue weighted by Gasteiger charge is -2.31. The maximum absolute atomic E-state index is 11.5. The number of aromatic nitrogens is 2. The molecule has 1 fully saturated rings. The summed E-state index contributed by atoms with van der Waals surface area (Å²) in [5, 5.41) is 3.24. The molecular weight excluding hydrogens is 246 g/mol. The molecule has 7 heteroatoms. The van der Waals surface area contributed by atoms with E-state index in [-0.39, 0.29) is 12.1 Å². The van der Waals surface area contributed by atoms with Gasteiger partial charge in [0, 0.05) is 19.1 Å². The molecule has 0 bridgehead atoms. The third-order valence-electron chi connectivity index (χ3n) is 3.03. The molecule has 0 unspecified atom stereocenters. The zero-order valence-electron chi connectivity index (χ0n) is 11.0. The van der Waals surface area contributed by atoms with Gasteiger partial charge in [-0.15, -0.1) is 0 Å². The van der Waals surface area contributed by atoms with Gasteiger partial charge in [0.1, 0.15) is 0 Å². The molecule has 0 aliphatic carbocycles. The van der Waals surface area contributed by atoms with E-state index < -0.39 is 0 Å². The van der Waals surface area contributed by atoms with Gasteiger partial charge in [0.25, 0.3) is 0 Å². The Morgan fingerprint density at radius 1 is 1.47 bits per heavy atom. The molecule has 1 aromatic rings. The number of hydrogen-bond acceptors (Lipinski definition) is 6. The maximum Gasteiger partial charge on any atom is 0.409 e. The second-order valence-electron chi connectivity index (χ2n) is 4.44. The normalized spacial score (nSPS) is 16.2. The highest BCUT2D eigenvalue weighted by molar-refractivity contribution is 5.67. The van der Waals surface area contributed by atoms with Crippen LogP contribution in [0.25, 0.3) is 0 Å². The fourth-order valence-electron chi connectivity index (χ4n) is 2.02. The van der Waals surface area contributed by atoms with Crippen LogP contribution in [0.1, 0.15) is 19.8 Å². The first-order valence-electron chi connectivity index (χ1n) is 6.44. The Hall–Kier alpha value is -2.05. The van der Waals surface area contributed by atoms with Gasteiger partial charge >= 0.3 is 6.09 Å². The number of nitrogen functional groups attached to an aromatic ring is 1. The fourth-order valence-corrected chi connectivity index (χ4v) is 2.02. The standard InChI is InChI=1S/C12H19N5O2/c1-2-19-12(18)17-5-3-10(4-6-17)16-11-14-7-9(13)8-15-11/h7-8,10H,2-6,13H2,1H3,(H,14,15,16). The van der Waals surface area contributed by atoms with Crippen molar-refractivity contribution in [2.24, 2.45) is 0 Å². The van der Waals surface area contributed by atoms with Crippen molar-refractivity contribution < 1.29 is 9.53 Å². The first-order chi connectivity index (χ1) is 9.19. The maximum atomic E-state index is 11.5. The Labute approximate surface area is 112 Å². The monoisotopic (exact) mass is 265 g/mol. The SMILES string of the molecule is CCOC(=O)N1CCC(Nc2ncc(N)cn2)CC1. The topological polar surface area (TPSA) is 93.4 Å².